The summed E-state index contributed by atoms with van der Waals surface area (Å²) >= 11 is 12.3. The van der Waals surface area contributed by atoms with Crippen LogP contribution in [-0.2, 0) is 6.54 Å². The monoisotopic (exact) mass is 411 g/mol. The van der Waals surface area contributed by atoms with Gasteiger partial charge in [0.05, 0.1) is 10.6 Å². The molecule has 1 saturated heterocycles. The summed E-state index contributed by atoms with van der Waals surface area (Å²) in [6, 6.07) is 10.1. The van der Waals surface area contributed by atoms with E-state index in [1.54, 1.807) is 12.1 Å². The number of aliphatic hydroxyl groups is 1. The molecule has 3 nitrogen and oxygen atoms in total. The Morgan fingerprint density at radius 3 is 2.70 bits per heavy atom. The molecule has 1 heterocycles. The Morgan fingerprint density at radius 2 is 1.93 bits per heavy atom. The van der Waals surface area contributed by atoms with Crippen molar-refractivity contribution in [2.24, 2.45) is 0 Å². The minimum absolute atomic E-state index is 0.210. The van der Waals surface area contributed by atoms with Gasteiger partial charge in [-0.15, -0.1) is 0 Å². The number of ether oxygens (including phenoxy) is 1. The van der Waals surface area contributed by atoms with Crippen LogP contribution >= 0.6 is 23.2 Å². The number of aryl methyl sites for hydroxylation is 1. The van der Waals surface area contributed by atoms with Crippen LogP contribution in [0.15, 0.2) is 36.4 Å². The average molecular weight is 412 g/mol. The Balaban J connectivity index is 1.59. The fourth-order valence-electron chi connectivity index (χ4n) is 3.36. The maximum atomic E-state index is 13.2. The van der Waals surface area contributed by atoms with Gasteiger partial charge in [-0.3, -0.25) is 4.90 Å². The molecule has 0 bridgehead atoms. The SMILES string of the molecule is Cc1ccc(Cl)c(OCC2(O)CCCN(Cc3ccc(F)cc3Cl)CC2)c1. The molecule has 0 radical (unpaired) electrons. The Bertz CT molecular complexity index is 802. The van der Waals surface area contributed by atoms with Crippen molar-refractivity contribution in [2.45, 2.75) is 38.3 Å². The normalized spacial score (nSPS) is 21.1. The van der Waals surface area contributed by atoms with Crippen molar-refractivity contribution in [1.82, 2.24) is 4.90 Å². The number of hydrogen-bond acceptors (Lipinski definition) is 3. The van der Waals surface area contributed by atoms with Crippen LogP contribution in [0, 0.1) is 12.7 Å². The molecule has 0 spiro atoms. The molecular formula is C21H24Cl2FNO2. The molecule has 146 valence electrons. The average Bonchev–Trinajstić information content (AvgIpc) is 2.80. The van der Waals surface area contributed by atoms with Crippen LogP contribution in [0.4, 0.5) is 4.39 Å². The van der Waals surface area contributed by atoms with Gasteiger partial charge in [-0.05, 0) is 68.1 Å². The second-order valence-electron chi connectivity index (χ2n) is 7.31. The fraction of sp³-hybridized carbons (Fsp3) is 0.429. The topological polar surface area (TPSA) is 32.7 Å². The standard InChI is InChI=1S/C21H24Cl2FNO2/c1-15-3-6-18(22)20(11-15)27-14-21(26)7-2-9-25(10-8-21)13-16-4-5-17(24)12-19(16)23/h3-6,11-12,26H,2,7-10,13-14H2,1H3. The Morgan fingerprint density at radius 1 is 1.11 bits per heavy atom. The molecule has 6 heteroatoms. The van der Waals surface area contributed by atoms with Crippen molar-refractivity contribution in [1.29, 1.82) is 0 Å². The number of nitrogens with zero attached hydrogens (tertiary/aromatic N) is 1. The van der Waals surface area contributed by atoms with Gasteiger partial charge < -0.3 is 9.84 Å². The van der Waals surface area contributed by atoms with Crippen LogP contribution in [0.3, 0.4) is 0 Å². The Hall–Kier alpha value is -1.33. The van der Waals surface area contributed by atoms with E-state index in [-0.39, 0.29) is 12.4 Å². The summed E-state index contributed by atoms with van der Waals surface area (Å²) in [5.74, 6) is 0.269. The summed E-state index contributed by atoms with van der Waals surface area (Å²) in [6.45, 7) is 4.39. The van der Waals surface area contributed by atoms with Crippen LogP contribution in [0.1, 0.15) is 30.4 Å². The maximum Gasteiger partial charge on any atom is 0.138 e. The fourth-order valence-corrected chi connectivity index (χ4v) is 3.76. The first-order valence-electron chi connectivity index (χ1n) is 9.12. The van der Waals surface area contributed by atoms with Crippen molar-refractivity contribution in [3.05, 3.63) is 63.4 Å². The van der Waals surface area contributed by atoms with Crippen LogP contribution < -0.4 is 4.74 Å². The number of benzene rings is 2. The molecule has 2 aromatic rings. The van der Waals surface area contributed by atoms with Gasteiger partial charge in [0, 0.05) is 18.1 Å². The number of likely N-dealkylation sites (tertiary alicyclic amines) is 1. The molecule has 27 heavy (non-hydrogen) atoms. The molecule has 1 aliphatic heterocycles. The Labute approximate surface area is 169 Å². The molecule has 2 aromatic carbocycles. The molecule has 1 N–H and O–H groups in total. The highest BCUT2D eigenvalue weighted by Crippen LogP contribution is 2.29. The van der Waals surface area contributed by atoms with Crippen molar-refractivity contribution in [3.63, 3.8) is 0 Å². The highest BCUT2D eigenvalue weighted by molar-refractivity contribution is 6.32. The van der Waals surface area contributed by atoms with E-state index in [0.717, 1.165) is 30.6 Å². The molecule has 0 saturated carbocycles. The molecule has 0 amide bonds. The quantitative estimate of drug-likeness (QED) is 0.730. The van der Waals surface area contributed by atoms with E-state index in [1.165, 1.54) is 12.1 Å². The minimum Gasteiger partial charge on any atom is -0.489 e. The maximum absolute atomic E-state index is 13.2. The molecule has 3 rings (SSSR count). The lowest BCUT2D eigenvalue weighted by Gasteiger charge is -2.27. The second-order valence-corrected chi connectivity index (χ2v) is 8.13. The minimum atomic E-state index is -0.894. The molecule has 0 aromatic heterocycles. The van der Waals surface area contributed by atoms with E-state index in [1.807, 2.05) is 19.1 Å². The summed E-state index contributed by atoms with van der Waals surface area (Å²) in [4.78, 5) is 2.23. The van der Waals surface area contributed by atoms with Gasteiger partial charge in [0.15, 0.2) is 0 Å². The summed E-state index contributed by atoms with van der Waals surface area (Å²) in [5, 5.41) is 12.0. The zero-order chi connectivity index (χ0) is 19.4. The summed E-state index contributed by atoms with van der Waals surface area (Å²) < 4.78 is 19.1. The lowest BCUT2D eigenvalue weighted by atomic mass is 9.96. The number of hydrogen-bond donors (Lipinski definition) is 1. The lowest BCUT2D eigenvalue weighted by molar-refractivity contribution is -0.0168. The van der Waals surface area contributed by atoms with Gasteiger partial charge in [-0.1, -0.05) is 35.3 Å². The van der Waals surface area contributed by atoms with Crippen molar-refractivity contribution < 1.29 is 14.2 Å². The van der Waals surface area contributed by atoms with Crippen molar-refractivity contribution >= 4 is 23.2 Å². The van der Waals surface area contributed by atoms with Gasteiger partial charge >= 0.3 is 0 Å². The second kappa shape index (κ2) is 8.78. The summed E-state index contributed by atoms with van der Waals surface area (Å²) in [5.41, 5.74) is 1.06. The van der Waals surface area contributed by atoms with E-state index in [2.05, 4.69) is 4.90 Å². The van der Waals surface area contributed by atoms with E-state index in [9.17, 15) is 9.50 Å². The number of rotatable bonds is 5. The smallest absolute Gasteiger partial charge is 0.138 e. The largest absolute Gasteiger partial charge is 0.489 e. The highest BCUT2D eigenvalue weighted by Gasteiger charge is 2.31. The lowest BCUT2D eigenvalue weighted by Crippen LogP contribution is -2.37. The third-order valence-corrected chi connectivity index (χ3v) is 5.67. The van der Waals surface area contributed by atoms with Crippen molar-refractivity contribution in [3.8, 4) is 5.75 Å². The molecule has 1 aliphatic rings. The van der Waals surface area contributed by atoms with Crippen LogP contribution in [-0.4, -0.2) is 35.3 Å². The third-order valence-electron chi connectivity index (χ3n) is 5.00. The number of halogens is 3. The van der Waals surface area contributed by atoms with Crippen molar-refractivity contribution in [2.75, 3.05) is 19.7 Å². The molecule has 1 unspecified atom stereocenters. The van der Waals surface area contributed by atoms with Gasteiger partial charge in [0.2, 0.25) is 0 Å². The van der Waals surface area contributed by atoms with Gasteiger partial charge in [-0.25, -0.2) is 4.39 Å². The predicted molar refractivity (Wildman–Crippen MR) is 107 cm³/mol. The van der Waals surface area contributed by atoms with E-state index in [4.69, 9.17) is 27.9 Å². The van der Waals surface area contributed by atoms with Crippen LogP contribution in [0.5, 0.6) is 5.75 Å². The van der Waals surface area contributed by atoms with Gasteiger partial charge in [0.1, 0.15) is 18.2 Å². The predicted octanol–water partition coefficient (Wildman–Crippen LogP) is 5.24. The van der Waals surface area contributed by atoms with E-state index < -0.39 is 5.60 Å². The van der Waals surface area contributed by atoms with Gasteiger partial charge in [0.25, 0.3) is 0 Å². The summed E-state index contributed by atoms with van der Waals surface area (Å²) in [7, 11) is 0. The zero-order valence-electron chi connectivity index (χ0n) is 15.4. The first-order chi connectivity index (χ1) is 12.8. The molecule has 1 atom stereocenters. The molecule has 1 fully saturated rings. The first kappa shape index (κ1) is 20.4. The molecular weight excluding hydrogens is 388 g/mol. The van der Waals surface area contributed by atoms with E-state index >= 15 is 0 Å². The van der Waals surface area contributed by atoms with Crippen LogP contribution in [0.25, 0.3) is 0 Å². The molecule has 0 aliphatic carbocycles. The summed E-state index contributed by atoms with van der Waals surface area (Å²) in [6.07, 6.45) is 2.10. The van der Waals surface area contributed by atoms with Crippen LogP contribution in [0.2, 0.25) is 10.0 Å². The van der Waals surface area contributed by atoms with Gasteiger partial charge in [-0.2, -0.15) is 0 Å². The first-order valence-corrected chi connectivity index (χ1v) is 9.88. The highest BCUT2D eigenvalue weighted by atomic mass is 35.5. The van der Waals surface area contributed by atoms with E-state index in [0.29, 0.717) is 35.2 Å². The third kappa shape index (κ3) is 5.58. The Kier molecular flexibility index (Phi) is 6.64. The zero-order valence-corrected chi connectivity index (χ0v) is 16.9.